The lowest BCUT2D eigenvalue weighted by Crippen LogP contribution is -2.24. The summed E-state index contributed by atoms with van der Waals surface area (Å²) in [6, 6.07) is 0. The number of hydrogen-bond donors (Lipinski definition) is 0. The number of ether oxygens (including phenoxy) is 1. The Bertz CT molecular complexity index is 244. The molecule has 2 aliphatic rings. The largest absolute Gasteiger partial charge is 0.431 e. The summed E-state index contributed by atoms with van der Waals surface area (Å²) in [5, 5.41) is 0. The van der Waals surface area contributed by atoms with E-state index < -0.39 is 0 Å². The van der Waals surface area contributed by atoms with Crippen LogP contribution < -0.4 is 0 Å². The monoisotopic (exact) mass is 180 g/mol. The van der Waals surface area contributed by atoms with E-state index in [9.17, 15) is 4.79 Å². The van der Waals surface area contributed by atoms with Crippen LogP contribution >= 0.6 is 0 Å². The van der Waals surface area contributed by atoms with Crippen LogP contribution in [0, 0.1) is 17.8 Å². The summed E-state index contributed by atoms with van der Waals surface area (Å²) in [4.78, 5) is 11.3. The van der Waals surface area contributed by atoms with E-state index in [1.807, 2.05) is 0 Å². The van der Waals surface area contributed by atoms with Crippen LogP contribution in [0.5, 0.6) is 0 Å². The quantitative estimate of drug-likeness (QED) is 0.579. The lowest BCUT2D eigenvalue weighted by atomic mass is 9.74. The highest BCUT2D eigenvalue weighted by atomic mass is 16.5. The summed E-state index contributed by atoms with van der Waals surface area (Å²) in [6.07, 6.45) is 4.50. The molecular formula is C11H16O2. The van der Waals surface area contributed by atoms with E-state index in [0.29, 0.717) is 11.7 Å². The highest BCUT2D eigenvalue weighted by molar-refractivity contribution is 5.77. The fraction of sp³-hybridized carbons (Fsp3) is 0.727. The second kappa shape index (κ2) is 3.17. The van der Waals surface area contributed by atoms with Crippen LogP contribution in [-0.2, 0) is 9.53 Å². The molecule has 0 aromatic heterocycles. The van der Waals surface area contributed by atoms with Gasteiger partial charge < -0.3 is 4.74 Å². The van der Waals surface area contributed by atoms with E-state index in [1.54, 1.807) is 0 Å². The van der Waals surface area contributed by atoms with Crippen molar-refractivity contribution in [2.24, 2.45) is 17.8 Å². The average Bonchev–Trinajstić information content (AvgIpc) is 2.42. The van der Waals surface area contributed by atoms with Crippen LogP contribution in [0.3, 0.4) is 0 Å². The van der Waals surface area contributed by atoms with Crippen LogP contribution in [0.1, 0.15) is 32.6 Å². The Kier molecular flexibility index (Phi) is 2.14. The molecule has 0 N–H and O–H groups in total. The maximum atomic E-state index is 11.3. The predicted molar refractivity (Wildman–Crippen MR) is 49.8 cm³/mol. The molecule has 2 heteroatoms. The molecule has 0 radical (unpaired) electrons. The van der Waals surface area contributed by atoms with E-state index in [0.717, 1.165) is 18.8 Å². The minimum absolute atomic E-state index is 0.0375. The van der Waals surface area contributed by atoms with Crippen molar-refractivity contribution < 1.29 is 9.53 Å². The molecular weight excluding hydrogens is 164 g/mol. The Balaban J connectivity index is 2.10. The Hall–Kier alpha value is -0.790. The molecule has 1 saturated heterocycles. The van der Waals surface area contributed by atoms with E-state index >= 15 is 0 Å². The minimum Gasteiger partial charge on any atom is -0.431 e. The molecule has 0 spiro atoms. The molecule has 2 nitrogen and oxygen atoms in total. The number of carbonyl (C=O) groups is 1. The van der Waals surface area contributed by atoms with Gasteiger partial charge >= 0.3 is 5.97 Å². The summed E-state index contributed by atoms with van der Waals surface area (Å²) >= 11 is 0. The highest BCUT2D eigenvalue weighted by Crippen LogP contribution is 2.44. The van der Waals surface area contributed by atoms with E-state index in [2.05, 4.69) is 13.5 Å². The Labute approximate surface area is 79.0 Å². The van der Waals surface area contributed by atoms with Crippen molar-refractivity contribution in [2.45, 2.75) is 32.6 Å². The first-order valence-electron chi connectivity index (χ1n) is 5.12. The van der Waals surface area contributed by atoms with Crippen LogP contribution in [0.25, 0.3) is 0 Å². The molecule has 1 aliphatic carbocycles. The van der Waals surface area contributed by atoms with Gasteiger partial charge in [0.1, 0.15) is 5.76 Å². The Morgan fingerprint density at radius 1 is 1.46 bits per heavy atom. The second-order valence-electron chi connectivity index (χ2n) is 4.19. The fourth-order valence-electron chi connectivity index (χ4n) is 2.55. The molecule has 1 saturated carbocycles. The van der Waals surface area contributed by atoms with Gasteiger partial charge in [0.15, 0.2) is 0 Å². The summed E-state index contributed by atoms with van der Waals surface area (Å²) in [6.45, 7) is 6.03. The molecule has 2 fully saturated rings. The van der Waals surface area contributed by atoms with Crippen LogP contribution in [0.2, 0.25) is 0 Å². The average molecular weight is 180 g/mol. The van der Waals surface area contributed by atoms with Crippen molar-refractivity contribution in [1.29, 1.82) is 0 Å². The van der Waals surface area contributed by atoms with Gasteiger partial charge in [-0.1, -0.05) is 19.9 Å². The molecule has 1 aliphatic heterocycles. The third-order valence-corrected chi connectivity index (χ3v) is 3.48. The van der Waals surface area contributed by atoms with Gasteiger partial charge in [-0.15, -0.1) is 0 Å². The molecule has 0 aromatic rings. The first-order valence-corrected chi connectivity index (χ1v) is 5.12. The first-order chi connectivity index (χ1) is 6.22. The smallest absolute Gasteiger partial charge is 0.314 e. The molecule has 0 aromatic carbocycles. The third-order valence-electron chi connectivity index (χ3n) is 3.48. The van der Waals surface area contributed by atoms with Crippen molar-refractivity contribution in [3.63, 3.8) is 0 Å². The fourth-order valence-corrected chi connectivity index (χ4v) is 2.55. The molecule has 0 bridgehead atoms. The van der Waals surface area contributed by atoms with E-state index in [1.165, 1.54) is 12.8 Å². The number of carbonyl (C=O) groups excluding carboxylic acids is 1. The Morgan fingerprint density at radius 3 is 2.92 bits per heavy atom. The van der Waals surface area contributed by atoms with Crippen molar-refractivity contribution >= 4 is 5.97 Å². The summed E-state index contributed by atoms with van der Waals surface area (Å²) in [7, 11) is 0. The summed E-state index contributed by atoms with van der Waals surface area (Å²) < 4.78 is 5.07. The standard InChI is InChI=1S/C11H16O2/c1-3-8-4-5-9-10(6-8)7(2)13-11(9)12/h8-10H,2-6H2,1H3. The topological polar surface area (TPSA) is 26.3 Å². The van der Waals surface area contributed by atoms with Crippen molar-refractivity contribution in [1.82, 2.24) is 0 Å². The van der Waals surface area contributed by atoms with E-state index in [-0.39, 0.29) is 11.9 Å². The molecule has 0 amide bonds. The van der Waals surface area contributed by atoms with Gasteiger partial charge in [-0.2, -0.15) is 0 Å². The number of hydrogen-bond acceptors (Lipinski definition) is 2. The molecule has 72 valence electrons. The number of allylic oxidation sites excluding steroid dienone is 1. The van der Waals surface area contributed by atoms with Gasteiger partial charge in [0.05, 0.1) is 5.92 Å². The summed E-state index contributed by atoms with van der Waals surface area (Å²) in [5.74, 6) is 1.91. The molecule has 2 rings (SSSR count). The zero-order valence-corrected chi connectivity index (χ0v) is 8.08. The number of cyclic esters (lactones) is 1. The van der Waals surface area contributed by atoms with Gasteiger partial charge in [-0.25, -0.2) is 0 Å². The predicted octanol–water partition coefficient (Wildman–Crippen LogP) is 2.50. The van der Waals surface area contributed by atoms with Crippen molar-refractivity contribution in [3.05, 3.63) is 12.3 Å². The zero-order valence-electron chi connectivity index (χ0n) is 8.08. The van der Waals surface area contributed by atoms with Gasteiger partial charge in [0.2, 0.25) is 0 Å². The molecule has 3 unspecified atom stereocenters. The molecule has 13 heavy (non-hydrogen) atoms. The lowest BCUT2D eigenvalue weighted by molar-refractivity contribution is -0.139. The summed E-state index contributed by atoms with van der Waals surface area (Å²) in [5.41, 5.74) is 0. The number of fused-ring (bicyclic) bond motifs is 1. The molecule has 3 atom stereocenters. The number of rotatable bonds is 1. The minimum atomic E-state index is -0.0375. The van der Waals surface area contributed by atoms with Crippen molar-refractivity contribution in [3.8, 4) is 0 Å². The number of esters is 1. The lowest BCUT2D eigenvalue weighted by Gasteiger charge is -2.27. The van der Waals surface area contributed by atoms with Crippen LogP contribution in [0.15, 0.2) is 12.3 Å². The first kappa shape index (κ1) is 8.79. The highest BCUT2D eigenvalue weighted by Gasteiger charge is 2.43. The van der Waals surface area contributed by atoms with Crippen molar-refractivity contribution in [2.75, 3.05) is 0 Å². The van der Waals surface area contributed by atoms with Gasteiger partial charge in [0.25, 0.3) is 0 Å². The molecule has 1 heterocycles. The van der Waals surface area contributed by atoms with Crippen LogP contribution in [0.4, 0.5) is 0 Å². The maximum Gasteiger partial charge on any atom is 0.314 e. The van der Waals surface area contributed by atoms with Crippen LogP contribution in [-0.4, -0.2) is 5.97 Å². The SMILES string of the molecule is C=C1OC(=O)C2CCC(CC)CC12. The normalized spacial score (nSPS) is 38.7. The van der Waals surface area contributed by atoms with Gasteiger partial charge in [-0.05, 0) is 25.2 Å². The zero-order chi connectivity index (χ0) is 9.42. The van der Waals surface area contributed by atoms with Gasteiger partial charge in [0, 0.05) is 5.92 Å². The van der Waals surface area contributed by atoms with Gasteiger partial charge in [-0.3, -0.25) is 4.79 Å². The van der Waals surface area contributed by atoms with E-state index in [4.69, 9.17) is 4.74 Å². The second-order valence-corrected chi connectivity index (χ2v) is 4.19. The maximum absolute atomic E-state index is 11.3. The Morgan fingerprint density at radius 2 is 2.23 bits per heavy atom. The third kappa shape index (κ3) is 1.38.